The lowest BCUT2D eigenvalue weighted by Crippen LogP contribution is -2.37. The lowest BCUT2D eigenvalue weighted by molar-refractivity contribution is 0.0505. The standard InChI is InChI=1S/C25H29N3O3/c1-18-15-22(19(2)28(18)24-12-6-7-13-26-24)25(29)27(17-21-10-8-14-31-21)16-20-9-4-5-11-23(20)30-3/h4-7,9,11-13,15,21H,8,10,14,16-17H2,1-3H3. The molecule has 4 rings (SSSR count). The van der Waals surface area contributed by atoms with Gasteiger partial charge in [-0.1, -0.05) is 24.3 Å². The molecule has 1 amide bonds. The Balaban J connectivity index is 1.67. The van der Waals surface area contributed by atoms with Gasteiger partial charge in [-0.25, -0.2) is 4.98 Å². The van der Waals surface area contributed by atoms with E-state index in [9.17, 15) is 4.79 Å². The molecule has 1 aliphatic heterocycles. The fourth-order valence-corrected chi connectivity index (χ4v) is 4.28. The van der Waals surface area contributed by atoms with Crippen molar-refractivity contribution in [2.45, 2.75) is 39.3 Å². The maximum atomic E-state index is 13.8. The van der Waals surface area contributed by atoms with Gasteiger partial charge < -0.3 is 18.9 Å². The Labute approximate surface area is 183 Å². The summed E-state index contributed by atoms with van der Waals surface area (Å²) in [7, 11) is 1.66. The minimum Gasteiger partial charge on any atom is -0.496 e. The Morgan fingerprint density at radius 1 is 1.23 bits per heavy atom. The van der Waals surface area contributed by atoms with Gasteiger partial charge in [-0.3, -0.25) is 4.79 Å². The molecule has 31 heavy (non-hydrogen) atoms. The highest BCUT2D eigenvalue weighted by atomic mass is 16.5. The van der Waals surface area contributed by atoms with Gasteiger partial charge in [0.1, 0.15) is 11.6 Å². The second kappa shape index (κ2) is 9.35. The zero-order valence-corrected chi connectivity index (χ0v) is 18.4. The molecule has 1 aliphatic rings. The van der Waals surface area contributed by atoms with Crippen molar-refractivity contribution < 1.29 is 14.3 Å². The van der Waals surface area contributed by atoms with E-state index >= 15 is 0 Å². The van der Waals surface area contributed by atoms with Crippen LogP contribution < -0.4 is 4.74 Å². The molecule has 0 spiro atoms. The highest BCUT2D eigenvalue weighted by Crippen LogP contribution is 2.25. The number of carbonyl (C=O) groups is 1. The summed E-state index contributed by atoms with van der Waals surface area (Å²) in [5.74, 6) is 1.59. The Kier molecular flexibility index (Phi) is 6.37. The molecule has 3 heterocycles. The van der Waals surface area contributed by atoms with E-state index in [0.29, 0.717) is 18.7 Å². The van der Waals surface area contributed by atoms with Gasteiger partial charge in [0, 0.05) is 42.8 Å². The lowest BCUT2D eigenvalue weighted by atomic mass is 10.1. The van der Waals surface area contributed by atoms with E-state index in [1.165, 1.54) is 0 Å². The molecule has 1 fully saturated rings. The Morgan fingerprint density at radius 3 is 2.74 bits per heavy atom. The average molecular weight is 420 g/mol. The van der Waals surface area contributed by atoms with Gasteiger partial charge in [0.25, 0.3) is 5.91 Å². The van der Waals surface area contributed by atoms with Crippen molar-refractivity contribution in [2.75, 3.05) is 20.3 Å². The van der Waals surface area contributed by atoms with E-state index in [-0.39, 0.29) is 12.0 Å². The van der Waals surface area contributed by atoms with Crippen LogP contribution in [0.2, 0.25) is 0 Å². The predicted molar refractivity (Wildman–Crippen MR) is 120 cm³/mol. The molecule has 0 aliphatic carbocycles. The fraction of sp³-hybridized carbons (Fsp3) is 0.360. The van der Waals surface area contributed by atoms with Crippen molar-refractivity contribution >= 4 is 5.91 Å². The number of aromatic nitrogens is 2. The molecule has 0 bridgehead atoms. The number of ether oxygens (including phenoxy) is 2. The van der Waals surface area contributed by atoms with Crippen molar-refractivity contribution in [3.05, 3.63) is 77.2 Å². The maximum Gasteiger partial charge on any atom is 0.256 e. The fourth-order valence-electron chi connectivity index (χ4n) is 4.28. The first kappa shape index (κ1) is 21.1. The van der Waals surface area contributed by atoms with Gasteiger partial charge in [0.2, 0.25) is 0 Å². The van der Waals surface area contributed by atoms with Crippen molar-refractivity contribution in [3.8, 4) is 11.6 Å². The highest BCUT2D eigenvalue weighted by molar-refractivity contribution is 5.96. The number of benzene rings is 1. The molecule has 6 nitrogen and oxygen atoms in total. The first-order chi connectivity index (χ1) is 15.1. The molecule has 162 valence electrons. The Morgan fingerprint density at radius 2 is 2.03 bits per heavy atom. The van der Waals surface area contributed by atoms with Crippen LogP contribution >= 0.6 is 0 Å². The molecule has 3 aromatic rings. The third-order valence-electron chi connectivity index (χ3n) is 5.83. The molecule has 2 aromatic heterocycles. The summed E-state index contributed by atoms with van der Waals surface area (Å²) in [6, 6.07) is 15.6. The van der Waals surface area contributed by atoms with Gasteiger partial charge in [-0.05, 0) is 51.0 Å². The van der Waals surface area contributed by atoms with E-state index in [0.717, 1.165) is 48.0 Å². The number of carbonyl (C=O) groups excluding carboxylic acids is 1. The molecule has 0 N–H and O–H groups in total. The quantitative estimate of drug-likeness (QED) is 0.572. The minimum atomic E-state index is -0.00307. The Hall–Kier alpha value is -3.12. The first-order valence-corrected chi connectivity index (χ1v) is 10.7. The van der Waals surface area contributed by atoms with Crippen LogP contribution in [0.4, 0.5) is 0 Å². The third-order valence-corrected chi connectivity index (χ3v) is 5.83. The molecule has 6 heteroatoms. The van der Waals surface area contributed by atoms with Gasteiger partial charge in [-0.2, -0.15) is 0 Å². The van der Waals surface area contributed by atoms with Crippen LogP contribution in [-0.2, 0) is 11.3 Å². The molecule has 1 atom stereocenters. The summed E-state index contributed by atoms with van der Waals surface area (Å²) in [5, 5.41) is 0. The molecular weight excluding hydrogens is 390 g/mol. The summed E-state index contributed by atoms with van der Waals surface area (Å²) in [4.78, 5) is 20.1. The second-order valence-electron chi connectivity index (χ2n) is 7.94. The summed E-state index contributed by atoms with van der Waals surface area (Å²) >= 11 is 0. The van der Waals surface area contributed by atoms with Crippen LogP contribution in [0.3, 0.4) is 0 Å². The molecular formula is C25H29N3O3. The van der Waals surface area contributed by atoms with Crippen molar-refractivity contribution in [1.82, 2.24) is 14.5 Å². The number of pyridine rings is 1. The number of hydrogen-bond donors (Lipinski definition) is 0. The van der Waals surface area contributed by atoms with Crippen LogP contribution in [0.25, 0.3) is 5.82 Å². The Bertz CT molecular complexity index is 1040. The van der Waals surface area contributed by atoms with Gasteiger partial charge in [0.15, 0.2) is 0 Å². The minimum absolute atomic E-state index is 0.00307. The van der Waals surface area contributed by atoms with Crippen molar-refractivity contribution in [1.29, 1.82) is 0 Å². The monoisotopic (exact) mass is 419 g/mol. The summed E-state index contributed by atoms with van der Waals surface area (Å²) in [6.45, 7) is 5.76. The second-order valence-corrected chi connectivity index (χ2v) is 7.94. The highest BCUT2D eigenvalue weighted by Gasteiger charge is 2.27. The van der Waals surface area contributed by atoms with Crippen LogP contribution in [0.15, 0.2) is 54.7 Å². The third kappa shape index (κ3) is 4.49. The van der Waals surface area contributed by atoms with Gasteiger partial charge in [0.05, 0.1) is 18.8 Å². The number of para-hydroxylation sites is 1. The van der Waals surface area contributed by atoms with Crippen molar-refractivity contribution in [3.63, 3.8) is 0 Å². The smallest absolute Gasteiger partial charge is 0.256 e. The summed E-state index contributed by atoms with van der Waals surface area (Å²) < 4.78 is 13.4. The number of hydrogen-bond acceptors (Lipinski definition) is 4. The molecule has 1 saturated heterocycles. The summed E-state index contributed by atoms with van der Waals surface area (Å²) in [6.07, 6.45) is 3.84. The first-order valence-electron chi connectivity index (χ1n) is 10.7. The van der Waals surface area contributed by atoms with Crippen molar-refractivity contribution in [2.24, 2.45) is 0 Å². The van der Waals surface area contributed by atoms with E-state index < -0.39 is 0 Å². The number of nitrogens with zero attached hydrogens (tertiary/aromatic N) is 3. The van der Waals surface area contributed by atoms with Crippen LogP contribution in [0.1, 0.15) is 40.2 Å². The normalized spacial score (nSPS) is 15.8. The zero-order chi connectivity index (χ0) is 21.8. The SMILES string of the molecule is COc1ccccc1CN(CC1CCCO1)C(=O)c1cc(C)n(-c2ccccn2)c1C. The summed E-state index contributed by atoms with van der Waals surface area (Å²) in [5.41, 5.74) is 3.54. The number of methoxy groups -OCH3 is 1. The molecule has 0 saturated carbocycles. The van der Waals surface area contributed by atoms with E-state index in [4.69, 9.17) is 9.47 Å². The molecule has 1 aromatic carbocycles. The topological polar surface area (TPSA) is 56.6 Å². The van der Waals surface area contributed by atoms with E-state index in [2.05, 4.69) is 4.98 Å². The predicted octanol–water partition coefficient (Wildman–Crippen LogP) is 4.32. The average Bonchev–Trinajstić information content (AvgIpc) is 3.41. The van der Waals surface area contributed by atoms with Gasteiger partial charge >= 0.3 is 0 Å². The number of amides is 1. The molecule has 1 unspecified atom stereocenters. The van der Waals surface area contributed by atoms with Crippen LogP contribution in [-0.4, -0.2) is 46.7 Å². The maximum absolute atomic E-state index is 13.8. The van der Waals surface area contributed by atoms with Gasteiger partial charge in [-0.15, -0.1) is 0 Å². The van der Waals surface area contributed by atoms with Crippen LogP contribution in [0, 0.1) is 13.8 Å². The van der Waals surface area contributed by atoms with E-state index in [1.54, 1.807) is 13.3 Å². The lowest BCUT2D eigenvalue weighted by Gasteiger charge is -2.26. The largest absolute Gasteiger partial charge is 0.496 e. The number of rotatable bonds is 7. The molecule has 0 radical (unpaired) electrons. The number of aryl methyl sites for hydroxylation is 1. The van der Waals surface area contributed by atoms with Crippen LogP contribution in [0.5, 0.6) is 5.75 Å². The van der Waals surface area contributed by atoms with E-state index in [1.807, 2.05) is 71.8 Å². The zero-order valence-electron chi connectivity index (χ0n) is 18.4.